The minimum atomic E-state index is -4.47. The van der Waals surface area contributed by atoms with Crippen LogP contribution in [0.1, 0.15) is 58.5 Å². The molecule has 43 heavy (non-hydrogen) atoms. The first-order chi connectivity index (χ1) is 20.5. The summed E-state index contributed by atoms with van der Waals surface area (Å²) in [7, 11) is 2.81. The maximum absolute atomic E-state index is 13.6. The molecule has 1 fully saturated rings. The molecule has 1 saturated carbocycles. The number of carbonyl (C=O) groups excluding carboxylic acids is 2. The molecule has 1 aliphatic rings. The van der Waals surface area contributed by atoms with Gasteiger partial charge in [0.1, 0.15) is 17.3 Å². The van der Waals surface area contributed by atoms with Crippen molar-refractivity contribution in [1.82, 2.24) is 10.3 Å². The van der Waals surface area contributed by atoms with Crippen molar-refractivity contribution in [1.29, 1.82) is 5.26 Å². The minimum absolute atomic E-state index is 0.00882. The molecule has 0 unspecified atom stereocenters. The SMILES string of the molecule is CNC(=O)c1c(-c2ccc(F)cc2)oc2nc(CCC(F)(F)F)c(-c3ccc(OC)c(C(=O)CC4(C#N)CCC4)c3)cc12. The molecule has 7 nitrogen and oxygen atoms in total. The van der Waals surface area contributed by atoms with Crippen LogP contribution >= 0.6 is 0 Å². The molecule has 1 amide bonds. The number of Topliss-reactive ketones (excluding diaryl/α,β-unsaturated/α-hetero) is 1. The zero-order chi connectivity index (χ0) is 30.9. The second kappa shape index (κ2) is 11.5. The lowest BCUT2D eigenvalue weighted by Gasteiger charge is -2.34. The number of pyridine rings is 1. The summed E-state index contributed by atoms with van der Waals surface area (Å²) in [4.78, 5) is 30.9. The summed E-state index contributed by atoms with van der Waals surface area (Å²) in [6, 6.07) is 13.7. The average Bonchev–Trinajstić information content (AvgIpc) is 3.34. The van der Waals surface area contributed by atoms with E-state index < -0.39 is 36.2 Å². The largest absolute Gasteiger partial charge is 0.496 e. The summed E-state index contributed by atoms with van der Waals surface area (Å²) >= 11 is 0. The van der Waals surface area contributed by atoms with Crippen molar-refractivity contribution in [3.05, 3.63) is 71.2 Å². The molecule has 4 aromatic rings. The van der Waals surface area contributed by atoms with E-state index in [0.717, 1.165) is 6.42 Å². The number of alkyl halides is 3. The summed E-state index contributed by atoms with van der Waals surface area (Å²) in [5, 5.41) is 12.4. The number of fused-ring (bicyclic) bond motifs is 1. The number of hydrogen-bond donors (Lipinski definition) is 1. The summed E-state index contributed by atoms with van der Waals surface area (Å²) in [6.45, 7) is 0. The highest BCUT2D eigenvalue weighted by atomic mass is 19.4. The molecule has 5 rings (SSSR count). The molecule has 0 radical (unpaired) electrons. The van der Waals surface area contributed by atoms with E-state index in [9.17, 15) is 32.4 Å². The number of aromatic nitrogens is 1. The number of benzene rings is 2. The summed E-state index contributed by atoms with van der Waals surface area (Å²) in [5.74, 6) is -1.02. The Balaban J connectivity index is 1.70. The highest BCUT2D eigenvalue weighted by Gasteiger charge is 2.40. The van der Waals surface area contributed by atoms with Crippen molar-refractivity contribution in [3.63, 3.8) is 0 Å². The second-order valence-electron chi connectivity index (χ2n) is 10.6. The third-order valence-corrected chi connectivity index (χ3v) is 7.83. The Kier molecular flexibility index (Phi) is 7.97. The molecule has 1 N–H and O–H groups in total. The fraction of sp³-hybridized carbons (Fsp3) is 0.312. The lowest BCUT2D eigenvalue weighted by atomic mass is 9.66. The Morgan fingerprint density at radius 1 is 1.12 bits per heavy atom. The van der Waals surface area contributed by atoms with E-state index in [1.54, 1.807) is 12.1 Å². The van der Waals surface area contributed by atoms with E-state index in [4.69, 9.17) is 9.15 Å². The normalized spacial score (nSPS) is 14.2. The van der Waals surface area contributed by atoms with Crippen molar-refractivity contribution >= 4 is 22.8 Å². The van der Waals surface area contributed by atoms with Gasteiger partial charge in [0.25, 0.3) is 5.91 Å². The van der Waals surface area contributed by atoms with Crippen LogP contribution in [0.2, 0.25) is 0 Å². The smallest absolute Gasteiger partial charge is 0.389 e. The number of amides is 1. The molecule has 0 atom stereocenters. The highest BCUT2D eigenvalue weighted by molar-refractivity contribution is 6.11. The number of carbonyl (C=O) groups is 2. The Morgan fingerprint density at radius 2 is 1.81 bits per heavy atom. The molecule has 2 aromatic heterocycles. The second-order valence-corrected chi connectivity index (χ2v) is 10.6. The van der Waals surface area contributed by atoms with Crippen LogP contribution in [0.15, 0.2) is 52.9 Å². The molecule has 11 heteroatoms. The monoisotopic (exact) mass is 593 g/mol. The van der Waals surface area contributed by atoms with E-state index in [1.807, 2.05) is 0 Å². The van der Waals surface area contributed by atoms with Gasteiger partial charge in [0.05, 0.1) is 40.8 Å². The van der Waals surface area contributed by atoms with E-state index in [1.165, 1.54) is 50.6 Å². The van der Waals surface area contributed by atoms with Gasteiger partial charge in [0.15, 0.2) is 5.78 Å². The molecule has 222 valence electrons. The molecule has 0 spiro atoms. The fourth-order valence-electron chi connectivity index (χ4n) is 5.34. The summed E-state index contributed by atoms with van der Waals surface area (Å²) in [5.41, 5.74) is 0.517. The standard InChI is InChI=1S/C32H27F4N3O4/c1-38-29(41)27-23-15-21(19-6-9-26(42-2)22(14-19)25(40)16-31(17-37)11-3-12-31)24(10-13-32(34,35)36)39-30(23)43-28(27)18-4-7-20(33)8-5-18/h4-9,14-15H,3,10-13,16H2,1-2H3,(H,38,41). The van der Waals surface area contributed by atoms with Gasteiger partial charge < -0.3 is 14.5 Å². The molecular weight excluding hydrogens is 566 g/mol. The number of aryl methyl sites for hydroxylation is 1. The van der Waals surface area contributed by atoms with Crippen molar-refractivity contribution in [2.24, 2.45) is 5.41 Å². The van der Waals surface area contributed by atoms with Gasteiger partial charge in [-0.2, -0.15) is 18.4 Å². The fourth-order valence-corrected chi connectivity index (χ4v) is 5.34. The van der Waals surface area contributed by atoms with Crippen LogP contribution < -0.4 is 10.1 Å². The number of ether oxygens (including phenoxy) is 1. The van der Waals surface area contributed by atoms with Crippen molar-refractivity contribution in [3.8, 4) is 34.3 Å². The number of nitrogens with one attached hydrogen (secondary N) is 1. The van der Waals surface area contributed by atoms with Crippen LogP contribution in [0, 0.1) is 22.6 Å². The van der Waals surface area contributed by atoms with Gasteiger partial charge in [0, 0.05) is 31.0 Å². The summed E-state index contributed by atoms with van der Waals surface area (Å²) in [6.07, 6.45) is -4.08. The molecule has 2 aromatic carbocycles. The van der Waals surface area contributed by atoms with Crippen molar-refractivity contribution in [2.45, 2.75) is 44.7 Å². The number of nitriles is 1. The first-order valence-corrected chi connectivity index (χ1v) is 13.6. The van der Waals surface area contributed by atoms with Gasteiger partial charge in [-0.1, -0.05) is 12.5 Å². The number of halogens is 4. The Bertz CT molecular complexity index is 1750. The molecule has 0 bridgehead atoms. The topological polar surface area (TPSA) is 105 Å². The van der Waals surface area contributed by atoms with E-state index in [0.29, 0.717) is 24.0 Å². The van der Waals surface area contributed by atoms with Crippen LogP contribution in [0.3, 0.4) is 0 Å². The van der Waals surface area contributed by atoms with Gasteiger partial charge in [-0.25, -0.2) is 9.37 Å². The molecular formula is C32H27F4N3O4. The van der Waals surface area contributed by atoms with Gasteiger partial charge in [-0.15, -0.1) is 0 Å². The van der Waals surface area contributed by atoms with Gasteiger partial charge in [0.2, 0.25) is 5.71 Å². The quantitative estimate of drug-likeness (QED) is 0.160. The van der Waals surface area contributed by atoms with Crippen LogP contribution in [0.5, 0.6) is 5.75 Å². The third kappa shape index (κ3) is 5.95. The lowest BCUT2D eigenvalue weighted by Crippen LogP contribution is -2.30. The van der Waals surface area contributed by atoms with E-state index in [2.05, 4.69) is 16.4 Å². The Hall–Kier alpha value is -4.72. The van der Waals surface area contributed by atoms with Gasteiger partial charge >= 0.3 is 6.18 Å². The maximum atomic E-state index is 13.6. The van der Waals surface area contributed by atoms with Gasteiger partial charge in [-0.05, 0) is 67.3 Å². The van der Waals surface area contributed by atoms with E-state index in [-0.39, 0.29) is 57.2 Å². The summed E-state index contributed by atoms with van der Waals surface area (Å²) < 4.78 is 65.0. The number of rotatable bonds is 9. The predicted molar refractivity (Wildman–Crippen MR) is 150 cm³/mol. The lowest BCUT2D eigenvalue weighted by molar-refractivity contribution is -0.134. The van der Waals surface area contributed by atoms with E-state index >= 15 is 0 Å². The molecule has 0 saturated heterocycles. The van der Waals surface area contributed by atoms with Crippen LogP contribution in [0.4, 0.5) is 17.6 Å². The minimum Gasteiger partial charge on any atom is -0.496 e. The van der Waals surface area contributed by atoms with Crippen LogP contribution in [0.25, 0.3) is 33.6 Å². The number of methoxy groups -OCH3 is 1. The van der Waals surface area contributed by atoms with Gasteiger partial charge in [-0.3, -0.25) is 9.59 Å². The number of hydrogen-bond acceptors (Lipinski definition) is 6. The predicted octanol–water partition coefficient (Wildman–Crippen LogP) is 7.43. The van der Waals surface area contributed by atoms with Crippen LogP contribution in [-0.2, 0) is 6.42 Å². The number of nitrogens with zero attached hydrogens (tertiary/aromatic N) is 2. The van der Waals surface area contributed by atoms with Crippen molar-refractivity contribution < 1.29 is 36.3 Å². The molecule has 0 aliphatic heterocycles. The third-order valence-electron chi connectivity index (χ3n) is 7.83. The first kappa shape index (κ1) is 29.8. The average molecular weight is 594 g/mol. The Morgan fingerprint density at radius 3 is 2.40 bits per heavy atom. The Labute approximate surface area is 244 Å². The molecule has 2 heterocycles. The zero-order valence-electron chi connectivity index (χ0n) is 23.4. The van der Waals surface area contributed by atoms with Crippen LogP contribution in [-0.4, -0.2) is 37.0 Å². The molecule has 1 aliphatic carbocycles. The maximum Gasteiger partial charge on any atom is 0.389 e. The number of furan rings is 1. The number of ketones is 1. The zero-order valence-corrected chi connectivity index (χ0v) is 23.4. The van der Waals surface area contributed by atoms with Crippen molar-refractivity contribution in [2.75, 3.05) is 14.2 Å². The first-order valence-electron chi connectivity index (χ1n) is 13.6. The highest BCUT2D eigenvalue weighted by Crippen LogP contribution is 2.45.